The molecule has 0 radical (unpaired) electrons. The quantitative estimate of drug-likeness (QED) is 0.538. The second-order valence-corrected chi connectivity index (χ2v) is 9.92. The zero-order valence-electron chi connectivity index (χ0n) is 20.3. The lowest BCUT2D eigenvalue weighted by atomic mass is 9.57. The Morgan fingerprint density at radius 1 is 0.943 bits per heavy atom. The van der Waals surface area contributed by atoms with Crippen LogP contribution in [0.15, 0.2) is 54.6 Å². The molecule has 4 heterocycles. The molecule has 4 aliphatic heterocycles. The highest BCUT2D eigenvalue weighted by atomic mass is 16.7. The zero-order valence-corrected chi connectivity index (χ0v) is 20.3. The molecule has 3 aromatic rings. The first-order chi connectivity index (χ1) is 17.0. The van der Waals surface area contributed by atoms with Crippen LogP contribution in [0.25, 0.3) is 0 Å². The van der Waals surface area contributed by atoms with Crippen molar-refractivity contribution in [2.75, 3.05) is 33.1 Å². The maximum Gasteiger partial charge on any atom is 0.231 e. The molecule has 3 unspecified atom stereocenters. The van der Waals surface area contributed by atoms with E-state index >= 15 is 0 Å². The van der Waals surface area contributed by atoms with Gasteiger partial charge >= 0.3 is 0 Å². The monoisotopic (exact) mass is 472 g/mol. The Bertz CT molecular complexity index is 1340. The van der Waals surface area contributed by atoms with Gasteiger partial charge in [0.15, 0.2) is 28.7 Å². The van der Waals surface area contributed by atoms with E-state index in [4.69, 9.17) is 23.8 Å². The van der Waals surface area contributed by atoms with Crippen molar-refractivity contribution in [1.29, 1.82) is 0 Å². The molecule has 3 aromatic carbocycles. The van der Waals surface area contributed by atoms with E-state index in [0.717, 1.165) is 46.2 Å². The maximum absolute atomic E-state index is 7.14. The summed E-state index contributed by atoms with van der Waals surface area (Å²) in [6, 6.07) is 18.8. The van der Waals surface area contributed by atoms with E-state index in [2.05, 4.69) is 66.4 Å². The predicted octanol–water partition coefficient (Wildman–Crippen LogP) is 4.89. The Morgan fingerprint density at radius 2 is 1.71 bits per heavy atom. The average molecular weight is 473 g/mol. The number of hydrogen-bond acceptors (Lipinski definition) is 7. The van der Waals surface area contributed by atoms with Gasteiger partial charge in [-0.15, -0.1) is 0 Å². The molecule has 180 valence electrons. The van der Waals surface area contributed by atoms with Crippen LogP contribution in [0.5, 0.6) is 23.0 Å². The molecule has 7 heteroatoms. The molecule has 8 rings (SSSR count). The van der Waals surface area contributed by atoms with Crippen molar-refractivity contribution in [2.45, 2.75) is 37.1 Å². The number of rotatable bonds is 3. The van der Waals surface area contributed by atoms with Gasteiger partial charge < -0.3 is 18.9 Å². The van der Waals surface area contributed by atoms with Crippen LogP contribution in [-0.2, 0) is 22.5 Å². The summed E-state index contributed by atoms with van der Waals surface area (Å²) in [5.41, 5.74) is 4.66. The number of para-hydroxylation sites is 1. The number of nitrogens with zero attached hydrogens (tertiary/aromatic N) is 2. The summed E-state index contributed by atoms with van der Waals surface area (Å²) < 4.78 is 23.1. The third kappa shape index (κ3) is 2.47. The molecule has 2 bridgehead atoms. The summed E-state index contributed by atoms with van der Waals surface area (Å²) in [5, 5.41) is 2.09. The fourth-order valence-electron chi connectivity index (χ4n) is 6.83. The predicted molar refractivity (Wildman–Crippen MR) is 130 cm³/mol. The van der Waals surface area contributed by atoms with E-state index < -0.39 is 5.72 Å². The van der Waals surface area contributed by atoms with Crippen LogP contribution in [0.4, 0.5) is 5.69 Å². The minimum atomic E-state index is -0.749. The van der Waals surface area contributed by atoms with E-state index in [-0.39, 0.29) is 18.2 Å². The summed E-state index contributed by atoms with van der Waals surface area (Å²) in [7, 11) is 5.52. The van der Waals surface area contributed by atoms with Crippen LogP contribution in [0, 0.1) is 0 Å². The summed E-state index contributed by atoms with van der Waals surface area (Å²) in [4.78, 5) is 9.45. The van der Waals surface area contributed by atoms with Crippen molar-refractivity contribution in [3.8, 4) is 23.0 Å². The number of methoxy groups -OCH3 is 2. The molecule has 1 fully saturated rings. The van der Waals surface area contributed by atoms with Gasteiger partial charge in [-0.25, -0.2) is 9.90 Å². The highest BCUT2D eigenvalue weighted by Crippen LogP contribution is 2.67. The van der Waals surface area contributed by atoms with Crippen molar-refractivity contribution >= 4 is 5.69 Å². The summed E-state index contributed by atoms with van der Waals surface area (Å²) in [6.07, 6.45) is 0.862. The minimum absolute atomic E-state index is 0.00113. The highest BCUT2D eigenvalue weighted by molar-refractivity contribution is 5.63. The molecule has 0 N–H and O–H groups in total. The third-order valence-corrected chi connectivity index (χ3v) is 8.32. The van der Waals surface area contributed by atoms with E-state index in [1.807, 2.05) is 12.1 Å². The molecule has 1 aliphatic carbocycles. The van der Waals surface area contributed by atoms with Crippen LogP contribution in [0.3, 0.4) is 0 Å². The van der Waals surface area contributed by atoms with Crippen molar-refractivity contribution in [3.63, 3.8) is 0 Å². The standard InChI is InChI=1S/C28H28N2O5/c1-27-14-22-18-12-24-25(34-16-33-24)13-21(18)28(27,35-30(22)17-8-6-5-7-9-17)29(2)15-19-20(27)10-11-23(31-3)26(19)32-4/h5-13,22H,14-16H2,1-4H3. The SMILES string of the molecule is COc1ccc2c(c1OC)CN(C)C13ON(c4ccccc4)C(CC21C)c1cc2c(cc13)OCO2. The van der Waals surface area contributed by atoms with E-state index in [1.54, 1.807) is 14.2 Å². The minimum Gasteiger partial charge on any atom is -0.493 e. The van der Waals surface area contributed by atoms with Crippen LogP contribution < -0.4 is 24.0 Å². The summed E-state index contributed by atoms with van der Waals surface area (Å²) >= 11 is 0. The number of hydroxylamine groups is 1. The molecule has 0 amide bonds. The van der Waals surface area contributed by atoms with Crippen molar-refractivity contribution in [3.05, 3.63) is 76.9 Å². The number of hydrogen-bond donors (Lipinski definition) is 0. The van der Waals surface area contributed by atoms with E-state index in [0.29, 0.717) is 6.54 Å². The number of ether oxygens (including phenoxy) is 4. The fourth-order valence-corrected chi connectivity index (χ4v) is 6.83. The molecular weight excluding hydrogens is 444 g/mol. The molecule has 3 atom stereocenters. The third-order valence-electron chi connectivity index (χ3n) is 8.32. The van der Waals surface area contributed by atoms with Gasteiger partial charge in [0.2, 0.25) is 6.79 Å². The summed E-state index contributed by atoms with van der Waals surface area (Å²) in [6.45, 7) is 3.20. The number of benzene rings is 3. The second-order valence-electron chi connectivity index (χ2n) is 9.92. The molecule has 35 heavy (non-hydrogen) atoms. The molecule has 7 nitrogen and oxygen atoms in total. The Labute approximate surface area is 204 Å². The van der Waals surface area contributed by atoms with Gasteiger partial charge in [-0.05, 0) is 54.9 Å². The summed E-state index contributed by atoms with van der Waals surface area (Å²) in [5.74, 6) is 3.11. The lowest BCUT2D eigenvalue weighted by Gasteiger charge is -2.66. The first-order valence-electron chi connectivity index (χ1n) is 11.9. The Balaban J connectivity index is 1.50. The van der Waals surface area contributed by atoms with Crippen molar-refractivity contribution in [1.82, 2.24) is 4.90 Å². The smallest absolute Gasteiger partial charge is 0.231 e. The van der Waals surface area contributed by atoms with Gasteiger partial charge in [-0.2, -0.15) is 0 Å². The number of anilines is 1. The van der Waals surface area contributed by atoms with Crippen molar-refractivity contribution < 1.29 is 23.8 Å². The number of fused-ring (bicyclic) bond motifs is 3. The van der Waals surface area contributed by atoms with Gasteiger partial charge in [0.05, 0.1) is 25.9 Å². The van der Waals surface area contributed by atoms with E-state index in [1.165, 1.54) is 11.1 Å². The topological polar surface area (TPSA) is 52.6 Å². The lowest BCUT2D eigenvalue weighted by Crippen LogP contribution is -2.70. The normalized spacial score (nSPS) is 27.8. The molecule has 0 aromatic heterocycles. The van der Waals surface area contributed by atoms with Crippen molar-refractivity contribution in [2.24, 2.45) is 0 Å². The van der Waals surface area contributed by atoms with Gasteiger partial charge in [-0.1, -0.05) is 31.2 Å². The molecule has 1 spiro atoms. The van der Waals surface area contributed by atoms with Crippen LogP contribution in [-0.4, -0.2) is 33.0 Å². The maximum atomic E-state index is 7.14. The van der Waals surface area contributed by atoms with E-state index in [9.17, 15) is 0 Å². The molecule has 5 aliphatic rings. The molecule has 1 saturated heterocycles. The first-order valence-corrected chi connectivity index (χ1v) is 11.9. The van der Waals surface area contributed by atoms with Crippen LogP contribution >= 0.6 is 0 Å². The Kier molecular flexibility index (Phi) is 4.22. The first kappa shape index (κ1) is 20.9. The van der Waals surface area contributed by atoms with Crippen LogP contribution in [0.1, 0.15) is 41.6 Å². The Hall–Kier alpha value is -3.42. The fraction of sp³-hybridized carbons (Fsp3) is 0.357. The largest absolute Gasteiger partial charge is 0.493 e. The van der Waals surface area contributed by atoms with Crippen LogP contribution in [0.2, 0.25) is 0 Å². The lowest BCUT2D eigenvalue weighted by molar-refractivity contribution is -0.263. The number of likely N-dealkylation sites (N-methyl/N-ethyl adjacent to an activating group) is 1. The van der Waals surface area contributed by atoms with Gasteiger partial charge in [0.1, 0.15) is 0 Å². The van der Waals surface area contributed by atoms with Gasteiger partial charge in [0.25, 0.3) is 0 Å². The zero-order chi connectivity index (χ0) is 23.9. The second kappa shape index (κ2) is 7.06. The average Bonchev–Trinajstić information content (AvgIpc) is 3.35. The highest BCUT2D eigenvalue weighted by Gasteiger charge is 2.68. The molecular formula is C28H28N2O5. The molecule has 0 saturated carbocycles. The Morgan fingerprint density at radius 3 is 2.46 bits per heavy atom. The van der Waals surface area contributed by atoms with Gasteiger partial charge in [-0.3, -0.25) is 4.90 Å². The van der Waals surface area contributed by atoms with Gasteiger partial charge in [0, 0.05) is 23.1 Å².